The fraction of sp³-hybridized carbons (Fsp3) is 0.522. The molecule has 1 saturated heterocycles. The van der Waals surface area contributed by atoms with Gasteiger partial charge in [0.1, 0.15) is 6.61 Å². The van der Waals surface area contributed by atoms with Gasteiger partial charge in [-0.15, -0.1) is 16.8 Å². The number of aromatic nitrogens is 3. The highest BCUT2D eigenvalue weighted by Crippen LogP contribution is 2.36. The first-order valence-corrected chi connectivity index (χ1v) is 12.1. The van der Waals surface area contributed by atoms with Crippen LogP contribution in [0.1, 0.15) is 25.8 Å². The third kappa shape index (κ3) is 5.69. The number of hydrogen-bond acceptors (Lipinski definition) is 8. The van der Waals surface area contributed by atoms with Crippen LogP contribution >= 0.6 is 11.8 Å². The number of nitrogens with one attached hydrogen (secondary N) is 1. The highest BCUT2D eigenvalue weighted by atomic mass is 32.2. The van der Waals surface area contributed by atoms with Crippen LogP contribution in [0.4, 0.5) is 0 Å². The van der Waals surface area contributed by atoms with E-state index in [9.17, 15) is 4.79 Å². The lowest BCUT2D eigenvalue weighted by Gasteiger charge is -2.40. The molecule has 178 valence electrons. The molecule has 1 aromatic carbocycles. The second kappa shape index (κ2) is 10.6. The number of para-hydroxylation sites is 2. The smallest absolute Gasteiger partial charge is 0.230 e. The second-order valence-corrected chi connectivity index (χ2v) is 9.52. The standard InChI is InChI=1S/C23H31N5O4S/c1-4-9-28-21(19-14-31-17-7-5-6-8-18(17)32-19)25-26-22(28)33-15-20(29)24-16-23(2,3)27-10-12-30-13-11-27/h4-8,19H,1,9-16H2,2-3H3,(H,24,29). The van der Waals surface area contributed by atoms with E-state index in [1.165, 1.54) is 11.8 Å². The number of amides is 1. The Labute approximate surface area is 198 Å². The number of morpholine rings is 1. The monoisotopic (exact) mass is 473 g/mol. The summed E-state index contributed by atoms with van der Waals surface area (Å²) in [7, 11) is 0. The maximum Gasteiger partial charge on any atom is 0.230 e. The van der Waals surface area contributed by atoms with E-state index in [-0.39, 0.29) is 23.3 Å². The van der Waals surface area contributed by atoms with Crippen molar-refractivity contribution in [3.8, 4) is 11.5 Å². The molecule has 1 fully saturated rings. The van der Waals surface area contributed by atoms with Gasteiger partial charge < -0.3 is 19.5 Å². The van der Waals surface area contributed by atoms with Gasteiger partial charge in [-0.2, -0.15) is 0 Å². The van der Waals surface area contributed by atoms with Crippen molar-refractivity contribution in [3.63, 3.8) is 0 Å². The third-order valence-corrected chi connectivity index (χ3v) is 6.74. The molecular formula is C23H31N5O4S. The minimum atomic E-state index is -0.384. The van der Waals surface area contributed by atoms with E-state index >= 15 is 0 Å². The molecule has 0 saturated carbocycles. The van der Waals surface area contributed by atoms with Crippen LogP contribution in [-0.2, 0) is 16.1 Å². The lowest BCUT2D eigenvalue weighted by Crippen LogP contribution is -2.55. The first-order valence-electron chi connectivity index (χ1n) is 11.1. The predicted molar refractivity (Wildman–Crippen MR) is 126 cm³/mol. The summed E-state index contributed by atoms with van der Waals surface area (Å²) in [5, 5.41) is 12.4. The van der Waals surface area contributed by atoms with Gasteiger partial charge in [0.25, 0.3) is 0 Å². The van der Waals surface area contributed by atoms with Crippen LogP contribution in [0, 0.1) is 0 Å². The van der Waals surface area contributed by atoms with Crippen molar-refractivity contribution in [3.05, 3.63) is 42.7 Å². The van der Waals surface area contributed by atoms with Crippen LogP contribution in [0.25, 0.3) is 0 Å². The summed E-state index contributed by atoms with van der Waals surface area (Å²) < 4.78 is 19.3. The van der Waals surface area contributed by atoms with Gasteiger partial charge in [0.05, 0.1) is 19.0 Å². The molecule has 3 heterocycles. The van der Waals surface area contributed by atoms with Gasteiger partial charge in [-0.25, -0.2) is 0 Å². The summed E-state index contributed by atoms with van der Waals surface area (Å²) in [5.41, 5.74) is -0.130. The van der Waals surface area contributed by atoms with Gasteiger partial charge in [0.15, 0.2) is 28.6 Å². The molecule has 1 N–H and O–H groups in total. The number of hydrogen-bond donors (Lipinski definition) is 1. The quantitative estimate of drug-likeness (QED) is 0.438. The number of carbonyl (C=O) groups is 1. The number of fused-ring (bicyclic) bond motifs is 1. The predicted octanol–water partition coefficient (Wildman–Crippen LogP) is 2.30. The van der Waals surface area contributed by atoms with Gasteiger partial charge >= 0.3 is 0 Å². The molecule has 4 rings (SSSR count). The number of thioether (sulfide) groups is 1. The first kappa shape index (κ1) is 23.6. The molecule has 2 aliphatic rings. The molecule has 2 aliphatic heterocycles. The molecule has 1 amide bonds. The Bertz CT molecular complexity index is 974. The summed E-state index contributed by atoms with van der Waals surface area (Å²) in [5.74, 6) is 2.26. The topological polar surface area (TPSA) is 90.7 Å². The molecule has 1 aromatic heterocycles. The van der Waals surface area contributed by atoms with Crippen LogP contribution in [-0.4, -0.2) is 76.3 Å². The normalized spacial score (nSPS) is 18.7. The third-order valence-electron chi connectivity index (χ3n) is 5.77. The van der Waals surface area contributed by atoms with Crippen molar-refractivity contribution in [2.24, 2.45) is 0 Å². The zero-order chi connectivity index (χ0) is 23.3. The number of nitrogens with zero attached hydrogens (tertiary/aromatic N) is 4. The minimum Gasteiger partial charge on any atom is -0.485 e. The molecule has 0 spiro atoms. The van der Waals surface area contributed by atoms with Gasteiger partial charge in [0.2, 0.25) is 5.91 Å². The molecule has 33 heavy (non-hydrogen) atoms. The Morgan fingerprint density at radius 3 is 2.79 bits per heavy atom. The maximum absolute atomic E-state index is 12.6. The van der Waals surface area contributed by atoms with Gasteiger partial charge in [0, 0.05) is 31.7 Å². The summed E-state index contributed by atoms with van der Waals surface area (Å²) in [4.78, 5) is 14.9. The van der Waals surface area contributed by atoms with Crippen molar-refractivity contribution in [1.82, 2.24) is 25.0 Å². The number of benzene rings is 1. The fourth-order valence-corrected chi connectivity index (χ4v) is 4.65. The van der Waals surface area contributed by atoms with Crippen molar-refractivity contribution in [1.29, 1.82) is 0 Å². The zero-order valence-corrected chi connectivity index (χ0v) is 20.0. The number of carbonyl (C=O) groups excluding carboxylic acids is 1. The Kier molecular flexibility index (Phi) is 7.56. The largest absolute Gasteiger partial charge is 0.485 e. The van der Waals surface area contributed by atoms with Gasteiger partial charge in [-0.05, 0) is 26.0 Å². The molecule has 0 aliphatic carbocycles. The molecular weight excluding hydrogens is 442 g/mol. The van der Waals surface area contributed by atoms with E-state index in [1.54, 1.807) is 6.08 Å². The van der Waals surface area contributed by atoms with E-state index in [0.717, 1.165) is 32.1 Å². The number of rotatable bonds is 9. The first-order chi connectivity index (χ1) is 16.0. The summed E-state index contributed by atoms with van der Waals surface area (Å²) >= 11 is 1.35. The summed E-state index contributed by atoms with van der Waals surface area (Å²) in [6, 6.07) is 7.55. The maximum atomic E-state index is 12.6. The van der Waals surface area contributed by atoms with E-state index in [0.29, 0.717) is 36.4 Å². The van der Waals surface area contributed by atoms with E-state index in [1.807, 2.05) is 28.8 Å². The lowest BCUT2D eigenvalue weighted by molar-refractivity contribution is -0.119. The van der Waals surface area contributed by atoms with E-state index < -0.39 is 0 Å². The van der Waals surface area contributed by atoms with Crippen molar-refractivity contribution < 1.29 is 19.0 Å². The van der Waals surface area contributed by atoms with Crippen molar-refractivity contribution >= 4 is 17.7 Å². The molecule has 1 unspecified atom stereocenters. The SMILES string of the molecule is C=CCn1c(SCC(=O)NCC(C)(C)N2CCOCC2)nnc1C1COc2ccccc2O1. The molecule has 0 bridgehead atoms. The van der Waals surface area contributed by atoms with Crippen LogP contribution in [0.15, 0.2) is 42.1 Å². The number of ether oxygens (including phenoxy) is 3. The molecule has 10 heteroatoms. The number of allylic oxidation sites excluding steroid dienone is 1. The van der Waals surface area contributed by atoms with Crippen LogP contribution < -0.4 is 14.8 Å². The lowest BCUT2D eigenvalue weighted by atomic mass is 10.0. The Morgan fingerprint density at radius 1 is 1.27 bits per heavy atom. The van der Waals surface area contributed by atoms with Crippen molar-refractivity contribution in [2.45, 2.75) is 37.2 Å². The van der Waals surface area contributed by atoms with Crippen molar-refractivity contribution in [2.75, 3.05) is 45.2 Å². The van der Waals surface area contributed by atoms with Gasteiger partial charge in [-0.1, -0.05) is 30.0 Å². The fourth-order valence-electron chi connectivity index (χ4n) is 3.87. The van der Waals surface area contributed by atoms with Crippen LogP contribution in [0.2, 0.25) is 0 Å². The zero-order valence-electron chi connectivity index (χ0n) is 19.2. The van der Waals surface area contributed by atoms with E-state index in [2.05, 4.69) is 40.8 Å². The minimum absolute atomic E-state index is 0.0396. The summed E-state index contributed by atoms with van der Waals surface area (Å²) in [6.07, 6.45) is 1.39. The molecule has 0 radical (unpaired) electrons. The van der Waals surface area contributed by atoms with Crippen LogP contribution in [0.5, 0.6) is 11.5 Å². The van der Waals surface area contributed by atoms with Gasteiger partial charge in [-0.3, -0.25) is 14.3 Å². The average molecular weight is 474 g/mol. The Hall–Kier alpha value is -2.56. The highest BCUT2D eigenvalue weighted by Gasteiger charge is 2.30. The Morgan fingerprint density at radius 2 is 2.03 bits per heavy atom. The van der Waals surface area contributed by atoms with Crippen LogP contribution in [0.3, 0.4) is 0 Å². The summed E-state index contributed by atoms with van der Waals surface area (Å²) in [6.45, 7) is 12.8. The molecule has 9 nitrogen and oxygen atoms in total. The molecule has 2 aromatic rings. The second-order valence-electron chi connectivity index (χ2n) is 8.58. The average Bonchev–Trinajstić information content (AvgIpc) is 3.24. The molecule has 1 atom stereocenters. The highest BCUT2D eigenvalue weighted by molar-refractivity contribution is 7.99. The Balaban J connectivity index is 1.35. The van der Waals surface area contributed by atoms with E-state index in [4.69, 9.17) is 14.2 Å².